The van der Waals surface area contributed by atoms with Gasteiger partial charge in [-0.1, -0.05) is 103 Å². The number of amides is 1. The van der Waals surface area contributed by atoms with E-state index in [0.29, 0.717) is 17.1 Å². The maximum atomic E-state index is 15.6. The molecule has 1 spiro atoms. The summed E-state index contributed by atoms with van der Waals surface area (Å²) < 4.78 is 2.22. The van der Waals surface area contributed by atoms with E-state index in [0.717, 1.165) is 59.3 Å². The Kier molecular flexibility index (Phi) is 6.36. The maximum Gasteiger partial charge on any atom is 0.244 e. The number of aromatic nitrogens is 1. The highest BCUT2D eigenvalue weighted by Crippen LogP contribution is 2.64. The van der Waals surface area contributed by atoms with Crippen LogP contribution in [0.15, 0.2) is 97.1 Å². The molecule has 2 heterocycles. The van der Waals surface area contributed by atoms with Crippen LogP contribution in [0.1, 0.15) is 69.9 Å². The van der Waals surface area contributed by atoms with Crippen molar-refractivity contribution in [2.45, 2.75) is 50.5 Å². The molecule has 5 heteroatoms. The summed E-state index contributed by atoms with van der Waals surface area (Å²) in [5.74, 6) is -0.299. The standard InChI is InChI=1S/C39H35ClN2O2/c1-24-16-18-26(19-17-24)36(43)35-29-13-7-6-12-28(29)34-30-14-8-9-15-32(30)41(2)37(34)39(35)31-22-27(40)20-21-33(31)42(38(39)44)23-25-10-4-3-5-11-25/h3-5,8-11,14-22,28-29,35H,6-7,12-13,23H2,1-2H3/t28-,29-,35-,39-/m1/s1. The van der Waals surface area contributed by atoms with E-state index in [1.807, 2.05) is 72.5 Å². The molecule has 0 bridgehead atoms. The highest BCUT2D eigenvalue weighted by molar-refractivity contribution is 6.31. The molecule has 1 aromatic heterocycles. The summed E-state index contributed by atoms with van der Waals surface area (Å²) in [7, 11) is 2.08. The van der Waals surface area contributed by atoms with Gasteiger partial charge in [-0.2, -0.15) is 0 Å². The van der Waals surface area contributed by atoms with Crippen LogP contribution in [0.3, 0.4) is 0 Å². The van der Waals surface area contributed by atoms with Crippen LogP contribution >= 0.6 is 11.6 Å². The Hall–Kier alpha value is -4.15. The van der Waals surface area contributed by atoms with E-state index in [1.54, 1.807) is 0 Å². The van der Waals surface area contributed by atoms with Crippen molar-refractivity contribution >= 4 is 39.9 Å². The first-order valence-electron chi connectivity index (χ1n) is 15.8. The highest BCUT2D eigenvalue weighted by Gasteiger charge is 2.66. The summed E-state index contributed by atoms with van der Waals surface area (Å²) in [5, 5.41) is 1.77. The summed E-state index contributed by atoms with van der Waals surface area (Å²) in [6, 6.07) is 32.4. The number of rotatable bonds is 4. The second-order valence-corrected chi connectivity index (χ2v) is 13.4. The summed E-state index contributed by atoms with van der Waals surface area (Å²) in [6.07, 6.45) is 4.11. The van der Waals surface area contributed by atoms with E-state index >= 15 is 9.59 Å². The Morgan fingerprint density at radius 1 is 0.909 bits per heavy atom. The third-order valence-corrected chi connectivity index (χ3v) is 10.9. The van der Waals surface area contributed by atoms with Gasteiger partial charge in [0.05, 0.1) is 12.5 Å². The van der Waals surface area contributed by atoms with Gasteiger partial charge in [-0.25, -0.2) is 0 Å². The zero-order valence-electron chi connectivity index (χ0n) is 25.1. The van der Waals surface area contributed by atoms with Crippen molar-refractivity contribution in [3.05, 3.63) is 136 Å². The van der Waals surface area contributed by atoms with Crippen LogP contribution in [-0.2, 0) is 23.8 Å². The number of hydrogen-bond acceptors (Lipinski definition) is 2. The Labute approximate surface area is 263 Å². The Morgan fingerprint density at radius 2 is 1.64 bits per heavy atom. The predicted molar refractivity (Wildman–Crippen MR) is 176 cm³/mol. The number of aryl methyl sites for hydroxylation is 2. The Balaban J connectivity index is 1.48. The van der Waals surface area contributed by atoms with E-state index in [4.69, 9.17) is 11.6 Å². The van der Waals surface area contributed by atoms with Crippen molar-refractivity contribution in [3.8, 4) is 0 Å². The summed E-state index contributed by atoms with van der Waals surface area (Å²) in [5.41, 5.74) is 6.63. The summed E-state index contributed by atoms with van der Waals surface area (Å²) in [4.78, 5) is 32.7. The molecule has 8 rings (SSSR count). The fraction of sp³-hybridized carbons (Fsp3) is 0.282. The lowest BCUT2D eigenvalue weighted by molar-refractivity contribution is -0.124. The third-order valence-electron chi connectivity index (χ3n) is 10.7. The smallest absolute Gasteiger partial charge is 0.244 e. The number of para-hydroxylation sites is 1. The van der Waals surface area contributed by atoms with Crippen LogP contribution in [0.4, 0.5) is 5.69 Å². The van der Waals surface area contributed by atoms with Gasteiger partial charge in [-0.3, -0.25) is 9.59 Å². The molecule has 1 amide bonds. The molecular formula is C39H35ClN2O2. The molecule has 0 saturated heterocycles. The van der Waals surface area contributed by atoms with Gasteiger partial charge in [0.25, 0.3) is 0 Å². The van der Waals surface area contributed by atoms with Crippen LogP contribution in [0.5, 0.6) is 0 Å². The minimum atomic E-state index is -1.21. The van der Waals surface area contributed by atoms with Crippen molar-refractivity contribution < 1.29 is 9.59 Å². The average Bonchev–Trinajstić information content (AvgIpc) is 3.47. The number of carbonyl (C=O) groups is 2. The molecular weight excluding hydrogens is 564 g/mol. The molecule has 4 atom stereocenters. The quantitative estimate of drug-likeness (QED) is 0.194. The van der Waals surface area contributed by atoms with E-state index in [9.17, 15) is 0 Å². The van der Waals surface area contributed by atoms with E-state index in [2.05, 4.69) is 48.0 Å². The molecule has 1 aliphatic heterocycles. The highest BCUT2D eigenvalue weighted by atomic mass is 35.5. The van der Waals surface area contributed by atoms with E-state index < -0.39 is 11.3 Å². The molecule has 4 nitrogen and oxygen atoms in total. The van der Waals surface area contributed by atoms with Gasteiger partial charge in [-0.15, -0.1) is 0 Å². The minimum absolute atomic E-state index is 0.0275. The van der Waals surface area contributed by atoms with Crippen LogP contribution in [0.25, 0.3) is 10.9 Å². The van der Waals surface area contributed by atoms with Gasteiger partial charge in [0, 0.05) is 39.9 Å². The van der Waals surface area contributed by atoms with Crippen molar-refractivity contribution in [1.29, 1.82) is 0 Å². The topological polar surface area (TPSA) is 42.3 Å². The minimum Gasteiger partial charge on any atom is -0.346 e. The number of benzene rings is 4. The zero-order chi connectivity index (χ0) is 30.2. The van der Waals surface area contributed by atoms with Crippen molar-refractivity contribution in [3.63, 3.8) is 0 Å². The predicted octanol–water partition coefficient (Wildman–Crippen LogP) is 8.76. The van der Waals surface area contributed by atoms with Crippen molar-refractivity contribution in [2.75, 3.05) is 4.90 Å². The van der Waals surface area contributed by atoms with Gasteiger partial charge in [0.1, 0.15) is 5.41 Å². The van der Waals surface area contributed by atoms with E-state index in [1.165, 1.54) is 10.9 Å². The first-order valence-corrected chi connectivity index (χ1v) is 16.1. The maximum absolute atomic E-state index is 15.6. The van der Waals surface area contributed by atoms with Gasteiger partial charge < -0.3 is 9.47 Å². The number of fused-ring (bicyclic) bond motifs is 8. The van der Waals surface area contributed by atoms with Gasteiger partial charge in [0.2, 0.25) is 5.91 Å². The third kappa shape index (κ3) is 3.76. The lowest BCUT2D eigenvalue weighted by Gasteiger charge is -2.50. The van der Waals surface area contributed by atoms with Crippen LogP contribution < -0.4 is 4.90 Å². The number of halogens is 1. The number of nitrogens with zero attached hydrogens (tertiary/aromatic N) is 2. The van der Waals surface area contributed by atoms with Gasteiger partial charge in [-0.05, 0) is 72.6 Å². The van der Waals surface area contributed by atoms with Gasteiger partial charge >= 0.3 is 0 Å². The number of ketones is 1. The zero-order valence-corrected chi connectivity index (χ0v) is 25.9. The molecule has 1 saturated carbocycles. The van der Waals surface area contributed by atoms with E-state index in [-0.39, 0.29) is 23.5 Å². The first kappa shape index (κ1) is 27.4. The molecule has 4 aromatic carbocycles. The van der Waals surface area contributed by atoms with Crippen LogP contribution in [0, 0.1) is 18.8 Å². The second kappa shape index (κ2) is 10.2. The lowest BCUT2D eigenvalue weighted by Crippen LogP contribution is -2.57. The monoisotopic (exact) mass is 598 g/mol. The second-order valence-electron chi connectivity index (χ2n) is 12.9. The summed E-state index contributed by atoms with van der Waals surface area (Å²) in [6.45, 7) is 2.46. The first-order chi connectivity index (χ1) is 21.4. The fourth-order valence-electron chi connectivity index (χ4n) is 8.90. The molecule has 0 N–H and O–H groups in total. The normalized spacial score (nSPS) is 23.9. The molecule has 1 fully saturated rings. The Bertz CT molecular complexity index is 1940. The Morgan fingerprint density at radius 3 is 2.43 bits per heavy atom. The number of anilines is 1. The molecule has 5 aromatic rings. The lowest BCUT2D eigenvalue weighted by atomic mass is 9.51. The average molecular weight is 599 g/mol. The SMILES string of the molecule is Cc1ccc(C(=O)[C@H]2[C@@H]3CCCC[C@H]3c3c(n(C)c4ccccc34)[C@]23C(=O)N(Cc2ccccc2)c2ccc(Cl)cc23)cc1. The van der Waals surface area contributed by atoms with Crippen molar-refractivity contribution in [1.82, 2.24) is 4.57 Å². The largest absolute Gasteiger partial charge is 0.346 e. The molecule has 3 aliphatic rings. The van der Waals surface area contributed by atoms with Gasteiger partial charge in [0.15, 0.2) is 5.78 Å². The molecule has 0 radical (unpaired) electrons. The van der Waals surface area contributed by atoms with Crippen LogP contribution in [-0.4, -0.2) is 16.3 Å². The fourth-order valence-corrected chi connectivity index (χ4v) is 9.07. The molecule has 0 unspecified atom stereocenters. The molecule has 220 valence electrons. The van der Waals surface area contributed by atoms with Crippen LogP contribution in [0.2, 0.25) is 5.02 Å². The molecule has 2 aliphatic carbocycles. The number of hydrogen-bond donors (Lipinski definition) is 0. The molecule has 44 heavy (non-hydrogen) atoms. The van der Waals surface area contributed by atoms with Crippen molar-refractivity contribution in [2.24, 2.45) is 18.9 Å². The summed E-state index contributed by atoms with van der Waals surface area (Å²) >= 11 is 6.80. The number of Topliss-reactive ketones (excluding diaryl/α,β-unsaturated/α-hetero) is 1. The number of carbonyl (C=O) groups excluding carboxylic acids is 2.